The molecule has 1 unspecified atom stereocenters. The summed E-state index contributed by atoms with van der Waals surface area (Å²) in [5.41, 5.74) is 6.38. The Morgan fingerprint density at radius 1 is 1.38 bits per heavy atom. The van der Waals surface area contributed by atoms with E-state index in [2.05, 4.69) is 15.5 Å². The molecular weight excluding hydrogens is 493 g/mol. The second kappa shape index (κ2) is 9.39. The van der Waals surface area contributed by atoms with Gasteiger partial charge in [0.2, 0.25) is 5.58 Å². The Balaban J connectivity index is 1.47. The van der Waals surface area contributed by atoms with Gasteiger partial charge >= 0.3 is 0 Å². The number of hydrogen-bond acceptors (Lipinski definition) is 8. The number of benzene rings is 1. The maximum Gasteiger partial charge on any atom is 0.295 e. The minimum Gasteiger partial charge on any atom is -0.380 e. The van der Waals surface area contributed by atoms with Gasteiger partial charge in [0.15, 0.2) is 17.5 Å². The number of nitrogens with two attached hydrogens (primary N) is 1. The van der Waals surface area contributed by atoms with Crippen molar-refractivity contribution in [2.45, 2.75) is 18.9 Å². The van der Waals surface area contributed by atoms with E-state index in [1.165, 1.54) is 24.4 Å². The molecule has 1 amide bonds. The van der Waals surface area contributed by atoms with Crippen LogP contribution in [0.25, 0.3) is 11.0 Å². The van der Waals surface area contributed by atoms with Crippen molar-refractivity contribution in [2.75, 3.05) is 28.6 Å². The molecule has 1 aromatic carbocycles. The van der Waals surface area contributed by atoms with Gasteiger partial charge in [-0.05, 0) is 24.6 Å². The number of nitrogens with zero attached hydrogens (tertiary/aromatic N) is 4. The fourth-order valence-corrected chi connectivity index (χ4v) is 4.20. The number of amidine groups is 1. The molecule has 34 heavy (non-hydrogen) atoms. The van der Waals surface area contributed by atoms with Gasteiger partial charge in [-0.1, -0.05) is 28.4 Å². The first-order valence-corrected chi connectivity index (χ1v) is 10.7. The number of carbonyl (C=O) groups is 1. The first-order chi connectivity index (χ1) is 16.2. The van der Waals surface area contributed by atoms with Crippen LogP contribution < -0.4 is 20.9 Å². The van der Waals surface area contributed by atoms with Gasteiger partial charge in [0.1, 0.15) is 0 Å². The van der Waals surface area contributed by atoms with E-state index in [4.69, 9.17) is 44.3 Å². The van der Waals surface area contributed by atoms with Crippen LogP contribution in [0.4, 0.5) is 26.1 Å². The van der Waals surface area contributed by atoms with Crippen LogP contribution in [0.15, 0.2) is 28.9 Å². The number of alkyl halides is 2. The minimum atomic E-state index is -3.07. The smallest absolute Gasteiger partial charge is 0.295 e. The van der Waals surface area contributed by atoms with Gasteiger partial charge < -0.3 is 20.5 Å². The molecule has 5 N–H and O–H groups in total. The highest BCUT2D eigenvalue weighted by Gasteiger charge is 2.29. The Kier molecular flexibility index (Phi) is 6.53. The molecule has 1 fully saturated rings. The van der Waals surface area contributed by atoms with E-state index in [0.29, 0.717) is 52.6 Å². The number of carbonyl (C=O) groups excluding carboxylic acids is 1. The molecule has 3 heterocycles. The van der Waals surface area contributed by atoms with Crippen molar-refractivity contribution in [2.24, 2.45) is 0 Å². The lowest BCUT2D eigenvalue weighted by Crippen LogP contribution is -2.37. The number of halogens is 4. The van der Waals surface area contributed by atoms with Crippen LogP contribution in [0.2, 0.25) is 10.0 Å². The molecule has 1 saturated heterocycles. The summed E-state index contributed by atoms with van der Waals surface area (Å²) in [4.78, 5) is 19.7. The van der Waals surface area contributed by atoms with Gasteiger partial charge in [-0.15, -0.1) is 0 Å². The van der Waals surface area contributed by atoms with Crippen molar-refractivity contribution < 1.29 is 18.1 Å². The number of amides is 1. The molecule has 4 rings (SSSR count). The van der Waals surface area contributed by atoms with E-state index in [9.17, 15) is 13.6 Å². The van der Waals surface area contributed by atoms with Crippen LogP contribution >= 0.6 is 23.2 Å². The summed E-state index contributed by atoms with van der Waals surface area (Å²) in [7, 11) is 0. The number of aromatic nitrogens is 2. The minimum absolute atomic E-state index is 0.00280. The van der Waals surface area contributed by atoms with Gasteiger partial charge in [-0.3, -0.25) is 20.5 Å². The molecule has 10 nitrogen and oxygen atoms in total. The SMILES string of the molecule is N=CN(C(=N)C(F)F)c1ccc(C(=O)NC2CCN(c3ncc(Cl)c4c(N)noc34)C2)c(Cl)c1. The molecule has 1 aliphatic heterocycles. The second-order valence-corrected chi connectivity index (χ2v) is 8.27. The quantitative estimate of drug-likeness (QED) is 0.291. The summed E-state index contributed by atoms with van der Waals surface area (Å²) in [5.74, 6) is -0.855. The van der Waals surface area contributed by atoms with Crippen molar-refractivity contribution in [3.8, 4) is 0 Å². The maximum absolute atomic E-state index is 12.9. The van der Waals surface area contributed by atoms with E-state index in [1.54, 1.807) is 0 Å². The predicted molar refractivity (Wildman–Crippen MR) is 126 cm³/mol. The van der Waals surface area contributed by atoms with Crippen LogP contribution in [0, 0.1) is 10.8 Å². The van der Waals surface area contributed by atoms with Gasteiger partial charge in [-0.2, -0.15) is 0 Å². The zero-order valence-electron chi connectivity index (χ0n) is 17.4. The molecule has 3 aromatic rings. The molecule has 0 radical (unpaired) electrons. The van der Waals surface area contributed by atoms with Crippen molar-refractivity contribution in [1.82, 2.24) is 15.5 Å². The van der Waals surface area contributed by atoms with Crippen molar-refractivity contribution in [3.05, 3.63) is 40.0 Å². The molecular formula is C20H18Cl2F2N8O2. The zero-order valence-corrected chi connectivity index (χ0v) is 18.9. The molecule has 0 saturated carbocycles. The molecule has 2 aromatic heterocycles. The first kappa shape index (κ1) is 23.6. The van der Waals surface area contributed by atoms with Crippen molar-refractivity contribution in [1.29, 1.82) is 10.8 Å². The standard InChI is InChI=1S/C20H18Cl2F2N8O2/c21-12-5-10(32(8-25)18(27)16(23)24)1-2-11(12)20(33)29-9-3-4-31(7-9)19-15-14(13(22)6-28-19)17(26)30-34-15/h1-2,5-6,8-9,16,25,27H,3-4,7H2,(H2,26,30)(H,29,33). The van der Waals surface area contributed by atoms with Crippen LogP contribution in [-0.4, -0.2) is 53.8 Å². The van der Waals surface area contributed by atoms with Crippen molar-refractivity contribution >= 4 is 69.6 Å². The summed E-state index contributed by atoms with van der Waals surface area (Å²) in [5, 5.41) is 22.2. The summed E-state index contributed by atoms with van der Waals surface area (Å²) in [6.07, 6.45) is -0.412. The largest absolute Gasteiger partial charge is 0.380 e. The van der Waals surface area contributed by atoms with Gasteiger partial charge in [-0.25, -0.2) is 13.8 Å². The highest BCUT2D eigenvalue weighted by Crippen LogP contribution is 2.35. The Morgan fingerprint density at radius 3 is 2.82 bits per heavy atom. The van der Waals surface area contributed by atoms with E-state index in [-0.39, 0.29) is 28.1 Å². The Hall–Kier alpha value is -3.51. The average Bonchev–Trinajstić information content (AvgIpc) is 3.42. The van der Waals surface area contributed by atoms with E-state index < -0.39 is 18.2 Å². The molecule has 178 valence electrons. The summed E-state index contributed by atoms with van der Waals surface area (Å²) < 4.78 is 31.0. The van der Waals surface area contributed by atoms with Crippen LogP contribution in [0.3, 0.4) is 0 Å². The normalized spacial score (nSPS) is 15.7. The number of nitrogens with one attached hydrogen (secondary N) is 3. The van der Waals surface area contributed by atoms with E-state index in [1.807, 2.05) is 4.90 Å². The molecule has 14 heteroatoms. The highest BCUT2D eigenvalue weighted by molar-refractivity contribution is 6.36. The fraction of sp³-hybridized carbons (Fsp3) is 0.250. The van der Waals surface area contributed by atoms with Crippen LogP contribution in [0.5, 0.6) is 0 Å². The van der Waals surface area contributed by atoms with E-state index >= 15 is 0 Å². The number of pyridine rings is 1. The Labute approximate surface area is 201 Å². The lowest BCUT2D eigenvalue weighted by Gasteiger charge is -2.20. The molecule has 0 bridgehead atoms. The van der Waals surface area contributed by atoms with Gasteiger partial charge in [0.05, 0.1) is 27.3 Å². The number of fused-ring (bicyclic) bond motifs is 1. The number of anilines is 3. The van der Waals surface area contributed by atoms with Gasteiger partial charge in [0, 0.05) is 31.0 Å². The third kappa shape index (κ3) is 4.33. The number of rotatable bonds is 6. The van der Waals surface area contributed by atoms with E-state index in [0.717, 1.165) is 0 Å². The van der Waals surface area contributed by atoms with Crippen molar-refractivity contribution in [3.63, 3.8) is 0 Å². The lowest BCUT2D eigenvalue weighted by molar-refractivity contribution is 0.0940. The topological polar surface area (TPSA) is 148 Å². The predicted octanol–water partition coefficient (Wildman–Crippen LogP) is 3.78. The Morgan fingerprint density at radius 2 is 2.15 bits per heavy atom. The average molecular weight is 511 g/mol. The zero-order chi connectivity index (χ0) is 24.6. The van der Waals surface area contributed by atoms with Gasteiger partial charge in [0.25, 0.3) is 12.3 Å². The second-order valence-electron chi connectivity index (χ2n) is 7.46. The summed E-state index contributed by atoms with van der Waals surface area (Å²) in [6, 6.07) is 3.71. The monoisotopic (exact) mass is 510 g/mol. The molecule has 1 atom stereocenters. The molecule has 0 spiro atoms. The third-order valence-electron chi connectivity index (χ3n) is 5.35. The molecule has 0 aliphatic carbocycles. The first-order valence-electron chi connectivity index (χ1n) is 9.92. The summed E-state index contributed by atoms with van der Waals surface area (Å²) in [6.45, 7) is 1.00. The number of hydrogen-bond donors (Lipinski definition) is 4. The maximum atomic E-state index is 12.9. The summed E-state index contributed by atoms with van der Waals surface area (Å²) >= 11 is 12.4. The fourth-order valence-electron chi connectivity index (χ4n) is 3.71. The lowest BCUT2D eigenvalue weighted by atomic mass is 10.1. The molecule has 1 aliphatic rings. The number of nitrogen functional groups attached to an aromatic ring is 1. The van der Waals surface area contributed by atoms with Crippen LogP contribution in [-0.2, 0) is 0 Å². The Bertz CT molecular complexity index is 1280. The van der Waals surface area contributed by atoms with Crippen LogP contribution in [0.1, 0.15) is 16.8 Å². The highest BCUT2D eigenvalue weighted by atomic mass is 35.5. The third-order valence-corrected chi connectivity index (χ3v) is 5.95.